The van der Waals surface area contributed by atoms with Gasteiger partial charge in [0.25, 0.3) is 0 Å². The third-order valence-corrected chi connectivity index (χ3v) is 5.49. The van der Waals surface area contributed by atoms with Crippen molar-refractivity contribution >= 4 is 51.5 Å². The molecule has 2 rings (SSSR count). The van der Waals surface area contributed by atoms with Crippen molar-refractivity contribution in [2.45, 2.75) is 9.79 Å². The van der Waals surface area contributed by atoms with Crippen LogP contribution < -0.4 is 10.6 Å². The van der Waals surface area contributed by atoms with Crippen LogP contribution in [0.2, 0.25) is 5.02 Å². The average molecular weight is 368 g/mol. The molecule has 0 fully saturated rings. The standard InChI is InChI=1S/C16H18ClN3OS2/c1-20(11-6-4-7-12(10-11)23(3)21)16(18)19-13-8-5-9-14(22-2)15(13)17/h4-10H,1-3H3,(H2,18,19)/t23-/m0/s1. The summed E-state index contributed by atoms with van der Waals surface area (Å²) in [5, 5.41) is 0.583. The maximum atomic E-state index is 11.6. The largest absolute Gasteiger partial charge is 0.369 e. The van der Waals surface area contributed by atoms with E-state index in [0.717, 1.165) is 15.5 Å². The highest BCUT2D eigenvalue weighted by Crippen LogP contribution is 2.33. The van der Waals surface area contributed by atoms with Crippen LogP contribution in [-0.4, -0.2) is 29.7 Å². The Kier molecular flexibility index (Phi) is 6.10. The van der Waals surface area contributed by atoms with Crippen LogP contribution in [0.15, 0.2) is 57.2 Å². The van der Waals surface area contributed by atoms with Crippen LogP contribution in [-0.2, 0) is 10.8 Å². The lowest BCUT2D eigenvalue weighted by molar-refractivity contribution is 0.687. The maximum Gasteiger partial charge on any atom is 0.200 e. The Balaban J connectivity index is 2.34. The number of benzene rings is 2. The Labute approximate surface area is 148 Å². The number of nitrogens with zero attached hydrogens (tertiary/aromatic N) is 2. The van der Waals surface area contributed by atoms with E-state index in [4.69, 9.17) is 17.3 Å². The molecule has 0 unspecified atom stereocenters. The normalized spacial score (nSPS) is 13.0. The smallest absolute Gasteiger partial charge is 0.200 e. The van der Waals surface area contributed by atoms with E-state index in [2.05, 4.69) is 4.99 Å². The van der Waals surface area contributed by atoms with E-state index in [1.165, 1.54) is 0 Å². The van der Waals surface area contributed by atoms with Crippen molar-refractivity contribution in [3.05, 3.63) is 47.5 Å². The molecule has 2 N–H and O–H groups in total. The third-order valence-electron chi connectivity index (χ3n) is 3.28. The number of thioether (sulfide) groups is 1. The molecule has 0 heterocycles. The molecule has 2 aromatic carbocycles. The number of nitrogens with two attached hydrogens (primary N) is 1. The summed E-state index contributed by atoms with van der Waals surface area (Å²) in [6, 6.07) is 13.0. The minimum Gasteiger partial charge on any atom is -0.369 e. The average Bonchev–Trinajstić information content (AvgIpc) is 2.56. The van der Waals surface area contributed by atoms with Crippen LogP contribution in [0.1, 0.15) is 0 Å². The van der Waals surface area contributed by atoms with Gasteiger partial charge in [-0.25, -0.2) is 4.99 Å². The van der Waals surface area contributed by atoms with Gasteiger partial charge in [-0.2, -0.15) is 0 Å². The number of hydrogen-bond donors (Lipinski definition) is 1. The fraction of sp³-hybridized carbons (Fsp3) is 0.188. The highest BCUT2D eigenvalue weighted by Gasteiger charge is 2.10. The molecule has 4 nitrogen and oxygen atoms in total. The Bertz CT molecular complexity index is 765. The first-order valence-corrected chi connectivity index (χ1v) is 9.94. The quantitative estimate of drug-likeness (QED) is 0.506. The first-order chi connectivity index (χ1) is 10.9. The summed E-state index contributed by atoms with van der Waals surface area (Å²) in [6.07, 6.45) is 3.60. The molecule has 0 bridgehead atoms. The van der Waals surface area contributed by atoms with Crippen molar-refractivity contribution in [2.75, 3.05) is 24.5 Å². The van der Waals surface area contributed by atoms with Crippen LogP contribution in [0, 0.1) is 0 Å². The molecule has 0 spiro atoms. The van der Waals surface area contributed by atoms with Crippen molar-refractivity contribution in [2.24, 2.45) is 10.7 Å². The van der Waals surface area contributed by atoms with Crippen molar-refractivity contribution in [3.8, 4) is 0 Å². The van der Waals surface area contributed by atoms with Gasteiger partial charge >= 0.3 is 0 Å². The molecule has 0 aromatic heterocycles. The Morgan fingerprint density at radius 3 is 2.65 bits per heavy atom. The molecule has 0 aliphatic carbocycles. The summed E-state index contributed by atoms with van der Waals surface area (Å²) in [5.74, 6) is 0.309. The molecule has 0 aliphatic heterocycles. The monoisotopic (exact) mass is 367 g/mol. The molecule has 0 aliphatic rings. The summed E-state index contributed by atoms with van der Waals surface area (Å²) in [5.41, 5.74) is 7.54. The number of rotatable bonds is 4. The zero-order valence-corrected chi connectivity index (χ0v) is 15.5. The lowest BCUT2D eigenvalue weighted by Crippen LogP contribution is -2.33. The molecule has 1 atom stereocenters. The summed E-state index contributed by atoms with van der Waals surface area (Å²) in [6.45, 7) is 0. The van der Waals surface area contributed by atoms with Crippen molar-refractivity contribution in [1.29, 1.82) is 0 Å². The third kappa shape index (κ3) is 4.28. The zero-order valence-electron chi connectivity index (χ0n) is 13.1. The SMILES string of the molecule is CSc1cccc(N=C(N)N(C)c2cccc([S@](C)=O)c2)c1Cl. The minimum absolute atomic E-state index is 0.309. The van der Waals surface area contributed by atoms with E-state index in [0.29, 0.717) is 16.7 Å². The Morgan fingerprint density at radius 2 is 2.00 bits per heavy atom. The Hall–Kier alpha value is -1.50. The molecular weight excluding hydrogens is 350 g/mol. The summed E-state index contributed by atoms with van der Waals surface area (Å²) >= 11 is 7.89. The molecule has 0 radical (unpaired) electrons. The first kappa shape index (κ1) is 17.8. The van der Waals surface area contributed by atoms with Gasteiger partial charge in [0, 0.05) is 39.6 Å². The van der Waals surface area contributed by atoms with Gasteiger partial charge < -0.3 is 10.6 Å². The van der Waals surface area contributed by atoms with Gasteiger partial charge in [-0.1, -0.05) is 23.7 Å². The van der Waals surface area contributed by atoms with Crippen molar-refractivity contribution in [3.63, 3.8) is 0 Å². The van der Waals surface area contributed by atoms with Gasteiger partial charge in [0.1, 0.15) is 0 Å². The zero-order chi connectivity index (χ0) is 17.0. The number of halogens is 1. The van der Waals surface area contributed by atoms with Crippen molar-refractivity contribution < 1.29 is 4.21 Å². The van der Waals surface area contributed by atoms with E-state index in [1.807, 2.05) is 55.8 Å². The fourth-order valence-electron chi connectivity index (χ4n) is 1.94. The second-order valence-electron chi connectivity index (χ2n) is 4.77. The Morgan fingerprint density at radius 1 is 1.30 bits per heavy atom. The predicted molar refractivity (Wildman–Crippen MR) is 102 cm³/mol. The molecule has 122 valence electrons. The summed E-state index contributed by atoms with van der Waals surface area (Å²) in [7, 11) is 0.762. The lowest BCUT2D eigenvalue weighted by Gasteiger charge is -2.19. The molecule has 2 aromatic rings. The summed E-state index contributed by atoms with van der Waals surface area (Å²) < 4.78 is 11.6. The first-order valence-electron chi connectivity index (χ1n) is 6.78. The molecular formula is C16H18ClN3OS2. The van der Waals surface area contributed by atoms with E-state index in [1.54, 1.807) is 22.9 Å². The number of anilines is 1. The van der Waals surface area contributed by atoms with Gasteiger partial charge in [-0.3, -0.25) is 4.21 Å². The second kappa shape index (κ2) is 7.86. The van der Waals surface area contributed by atoms with Crippen LogP contribution >= 0.6 is 23.4 Å². The number of hydrogen-bond acceptors (Lipinski definition) is 3. The highest BCUT2D eigenvalue weighted by atomic mass is 35.5. The van der Waals surface area contributed by atoms with Gasteiger partial charge in [0.05, 0.1) is 10.7 Å². The molecule has 0 saturated heterocycles. The predicted octanol–water partition coefficient (Wildman–Crippen LogP) is 3.88. The number of guanidine groups is 1. The number of aliphatic imine (C=N–C) groups is 1. The van der Waals surface area contributed by atoms with Gasteiger partial charge in [-0.15, -0.1) is 11.8 Å². The van der Waals surface area contributed by atoms with Crippen LogP contribution in [0.5, 0.6) is 0 Å². The van der Waals surface area contributed by atoms with Gasteiger partial charge in [0.2, 0.25) is 5.96 Å². The molecule has 7 heteroatoms. The van der Waals surface area contributed by atoms with Crippen LogP contribution in [0.25, 0.3) is 0 Å². The van der Waals surface area contributed by atoms with E-state index < -0.39 is 10.8 Å². The van der Waals surface area contributed by atoms with E-state index in [-0.39, 0.29) is 0 Å². The molecule has 0 saturated carbocycles. The van der Waals surface area contributed by atoms with Crippen LogP contribution in [0.4, 0.5) is 11.4 Å². The second-order valence-corrected chi connectivity index (χ2v) is 7.38. The van der Waals surface area contributed by atoms with E-state index in [9.17, 15) is 4.21 Å². The highest BCUT2D eigenvalue weighted by molar-refractivity contribution is 7.98. The topological polar surface area (TPSA) is 58.7 Å². The van der Waals surface area contributed by atoms with E-state index >= 15 is 0 Å². The van der Waals surface area contributed by atoms with Crippen molar-refractivity contribution in [1.82, 2.24) is 0 Å². The van der Waals surface area contributed by atoms with Gasteiger partial charge in [-0.05, 0) is 36.6 Å². The fourth-order valence-corrected chi connectivity index (χ4v) is 3.40. The molecule has 23 heavy (non-hydrogen) atoms. The van der Waals surface area contributed by atoms with Gasteiger partial charge in [0.15, 0.2) is 0 Å². The lowest BCUT2D eigenvalue weighted by atomic mass is 10.3. The summed E-state index contributed by atoms with van der Waals surface area (Å²) in [4.78, 5) is 7.84. The minimum atomic E-state index is -1.05. The van der Waals surface area contributed by atoms with Crippen LogP contribution in [0.3, 0.4) is 0 Å². The maximum absolute atomic E-state index is 11.6. The molecule has 0 amide bonds.